The SMILES string of the molecule is CC(C)(Oc1cccc2ccccc12)C(=O)N1CCOC(C(F)(F)F)C1. The van der Waals surface area contributed by atoms with Gasteiger partial charge in [0.05, 0.1) is 13.2 Å². The van der Waals surface area contributed by atoms with Crippen molar-refractivity contribution in [3.05, 3.63) is 42.5 Å². The zero-order valence-corrected chi connectivity index (χ0v) is 14.5. The number of hydrogen-bond acceptors (Lipinski definition) is 3. The standard InChI is InChI=1S/C19H20F3NO3/c1-18(2,17(24)23-10-11-25-16(12-23)19(20,21)22)26-15-9-5-7-13-6-3-4-8-14(13)15/h3-9,16H,10-12H2,1-2H3. The minimum Gasteiger partial charge on any atom is -0.477 e. The second kappa shape index (κ2) is 6.79. The number of alkyl halides is 3. The highest BCUT2D eigenvalue weighted by atomic mass is 19.4. The number of amides is 1. The van der Waals surface area contributed by atoms with Crippen molar-refractivity contribution >= 4 is 16.7 Å². The average molecular weight is 367 g/mol. The zero-order chi connectivity index (χ0) is 18.9. The highest BCUT2D eigenvalue weighted by Crippen LogP contribution is 2.31. The third-order valence-corrected chi connectivity index (χ3v) is 4.35. The summed E-state index contributed by atoms with van der Waals surface area (Å²) in [4.78, 5) is 14.0. The van der Waals surface area contributed by atoms with Gasteiger partial charge in [-0.05, 0) is 25.3 Å². The van der Waals surface area contributed by atoms with Crippen LogP contribution in [-0.4, -0.2) is 48.4 Å². The molecule has 4 nitrogen and oxygen atoms in total. The van der Waals surface area contributed by atoms with Gasteiger partial charge in [0.15, 0.2) is 11.7 Å². The molecule has 26 heavy (non-hydrogen) atoms. The molecular formula is C19H20F3NO3. The number of morpholine rings is 1. The number of carbonyl (C=O) groups excluding carboxylic acids is 1. The van der Waals surface area contributed by atoms with E-state index in [1.807, 2.05) is 36.4 Å². The van der Waals surface area contributed by atoms with Crippen molar-refractivity contribution in [2.45, 2.75) is 31.7 Å². The van der Waals surface area contributed by atoms with Crippen molar-refractivity contribution in [1.82, 2.24) is 4.90 Å². The summed E-state index contributed by atoms with van der Waals surface area (Å²) in [5.41, 5.74) is -1.31. The number of carbonyl (C=O) groups is 1. The zero-order valence-electron chi connectivity index (χ0n) is 14.5. The summed E-state index contributed by atoms with van der Waals surface area (Å²) < 4.78 is 49.4. The molecule has 0 saturated carbocycles. The molecule has 2 aromatic carbocycles. The number of benzene rings is 2. The van der Waals surface area contributed by atoms with Gasteiger partial charge >= 0.3 is 6.18 Å². The van der Waals surface area contributed by atoms with Crippen molar-refractivity contribution in [1.29, 1.82) is 0 Å². The van der Waals surface area contributed by atoms with E-state index in [4.69, 9.17) is 9.47 Å². The normalized spacial score (nSPS) is 18.8. The molecule has 1 saturated heterocycles. The van der Waals surface area contributed by atoms with Crippen LogP contribution in [-0.2, 0) is 9.53 Å². The Labute approximate surface area is 149 Å². The van der Waals surface area contributed by atoms with Crippen LogP contribution in [0.4, 0.5) is 13.2 Å². The van der Waals surface area contributed by atoms with E-state index in [1.165, 1.54) is 0 Å². The number of ether oxygens (including phenoxy) is 2. The van der Waals surface area contributed by atoms with Crippen LogP contribution in [0.15, 0.2) is 42.5 Å². The first-order valence-corrected chi connectivity index (χ1v) is 8.33. The smallest absolute Gasteiger partial charge is 0.416 e. The van der Waals surface area contributed by atoms with Gasteiger partial charge in [0.2, 0.25) is 0 Å². The summed E-state index contributed by atoms with van der Waals surface area (Å²) in [7, 11) is 0. The third-order valence-electron chi connectivity index (χ3n) is 4.35. The molecule has 0 N–H and O–H groups in total. The van der Waals surface area contributed by atoms with Crippen LogP contribution in [0.5, 0.6) is 5.75 Å². The van der Waals surface area contributed by atoms with E-state index in [9.17, 15) is 18.0 Å². The van der Waals surface area contributed by atoms with Crippen molar-refractivity contribution < 1.29 is 27.4 Å². The maximum absolute atomic E-state index is 12.9. The van der Waals surface area contributed by atoms with E-state index in [-0.39, 0.29) is 13.2 Å². The number of nitrogens with zero attached hydrogens (tertiary/aromatic N) is 1. The fraction of sp³-hybridized carbons (Fsp3) is 0.421. The molecule has 1 aliphatic heterocycles. The molecule has 0 aliphatic carbocycles. The van der Waals surface area contributed by atoms with Crippen LogP contribution < -0.4 is 4.74 Å². The van der Waals surface area contributed by atoms with Gasteiger partial charge in [0.1, 0.15) is 5.75 Å². The van der Waals surface area contributed by atoms with Crippen LogP contribution in [0.25, 0.3) is 10.8 Å². The topological polar surface area (TPSA) is 38.8 Å². The molecule has 1 aliphatic rings. The van der Waals surface area contributed by atoms with E-state index >= 15 is 0 Å². The second-order valence-corrected chi connectivity index (χ2v) is 6.74. The summed E-state index contributed by atoms with van der Waals surface area (Å²) in [5.74, 6) is 0.0186. The summed E-state index contributed by atoms with van der Waals surface area (Å²) in [6.07, 6.45) is -6.46. The number of fused-ring (bicyclic) bond motifs is 1. The summed E-state index contributed by atoms with van der Waals surface area (Å²) in [5, 5.41) is 1.79. The third kappa shape index (κ3) is 3.77. The van der Waals surface area contributed by atoms with E-state index in [1.54, 1.807) is 19.9 Å². The Morgan fingerprint density at radius 1 is 1.15 bits per heavy atom. The van der Waals surface area contributed by atoms with Gasteiger partial charge in [-0.25, -0.2) is 0 Å². The number of rotatable bonds is 3. The van der Waals surface area contributed by atoms with E-state index in [2.05, 4.69) is 0 Å². The minimum absolute atomic E-state index is 0.105. The predicted molar refractivity (Wildman–Crippen MR) is 91.0 cm³/mol. The monoisotopic (exact) mass is 367 g/mol. The van der Waals surface area contributed by atoms with E-state index in [0.717, 1.165) is 15.7 Å². The van der Waals surface area contributed by atoms with Gasteiger partial charge in [-0.1, -0.05) is 36.4 Å². The first kappa shape index (κ1) is 18.5. The summed E-state index contributed by atoms with van der Waals surface area (Å²) >= 11 is 0. The molecule has 1 amide bonds. The van der Waals surface area contributed by atoms with E-state index in [0.29, 0.717) is 5.75 Å². The number of hydrogen-bond donors (Lipinski definition) is 0. The van der Waals surface area contributed by atoms with Crippen molar-refractivity contribution in [3.8, 4) is 5.75 Å². The lowest BCUT2D eigenvalue weighted by Gasteiger charge is -2.38. The van der Waals surface area contributed by atoms with Gasteiger partial charge in [-0.15, -0.1) is 0 Å². The Hall–Kier alpha value is -2.28. The fourth-order valence-corrected chi connectivity index (χ4v) is 3.02. The molecule has 3 rings (SSSR count). The average Bonchev–Trinajstić information content (AvgIpc) is 2.60. The largest absolute Gasteiger partial charge is 0.477 e. The lowest BCUT2D eigenvalue weighted by molar-refractivity contribution is -0.237. The molecule has 0 radical (unpaired) electrons. The van der Waals surface area contributed by atoms with Gasteiger partial charge in [-0.3, -0.25) is 4.79 Å². The Balaban J connectivity index is 1.80. The molecular weight excluding hydrogens is 347 g/mol. The van der Waals surface area contributed by atoms with Gasteiger partial charge in [0.25, 0.3) is 5.91 Å². The molecule has 1 unspecified atom stereocenters. The summed E-state index contributed by atoms with van der Waals surface area (Å²) in [6.45, 7) is 2.56. The maximum atomic E-state index is 12.9. The van der Waals surface area contributed by atoms with Gasteiger partial charge in [0, 0.05) is 11.9 Å². The highest BCUT2D eigenvalue weighted by Gasteiger charge is 2.46. The van der Waals surface area contributed by atoms with Gasteiger partial charge in [-0.2, -0.15) is 13.2 Å². The Bertz CT molecular complexity index is 799. The first-order valence-electron chi connectivity index (χ1n) is 8.33. The van der Waals surface area contributed by atoms with Crippen LogP contribution in [0.1, 0.15) is 13.8 Å². The predicted octanol–water partition coefficient (Wildman–Crippen LogP) is 3.79. The molecule has 1 fully saturated rings. The molecule has 0 bridgehead atoms. The lowest BCUT2D eigenvalue weighted by Crippen LogP contribution is -2.57. The maximum Gasteiger partial charge on any atom is 0.416 e. The molecule has 2 aromatic rings. The summed E-state index contributed by atoms with van der Waals surface area (Å²) in [6, 6.07) is 13.0. The highest BCUT2D eigenvalue weighted by molar-refractivity contribution is 5.90. The van der Waals surface area contributed by atoms with Crippen LogP contribution in [0.3, 0.4) is 0 Å². The molecule has 0 spiro atoms. The van der Waals surface area contributed by atoms with Crippen LogP contribution in [0, 0.1) is 0 Å². The molecule has 7 heteroatoms. The lowest BCUT2D eigenvalue weighted by atomic mass is 10.1. The first-order chi connectivity index (χ1) is 12.2. The quantitative estimate of drug-likeness (QED) is 0.829. The Kier molecular flexibility index (Phi) is 4.84. The Morgan fingerprint density at radius 3 is 2.58 bits per heavy atom. The minimum atomic E-state index is -4.50. The molecule has 140 valence electrons. The van der Waals surface area contributed by atoms with Crippen LogP contribution in [0.2, 0.25) is 0 Å². The van der Waals surface area contributed by atoms with E-state index < -0.39 is 30.3 Å². The van der Waals surface area contributed by atoms with Crippen LogP contribution >= 0.6 is 0 Å². The van der Waals surface area contributed by atoms with Crippen molar-refractivity contribution in [3.63, 3.8) is 0 Å². The second-order valence-electron chi connectivity index (χ2n) is 6.74. The molecule has 0 aromatic heterocycles. The Morgan fingerprint density at radius 2 is 1.85 bits per heavy atom. The molecule has 1 atom stereocenters. The van der Waals surface area contributed by atoms with Crippen molar-refractivity contribution in [2.24, 2.45) is 0 Å². The number of halogens is 3. The fourth-order valence-electron chi connectivity index (χ4n) is 3.02. The van der Waals surface area contributed by atoms with Crippen molar-refractivity contribution in [2.75, 3.05) is 19.7 Å². The van der Waals surface area contributed by atoms with Gasteiger partial charge < -0.3 is 14.4 Å². The molecule has 1 heterocycles.